The van der Waals surface area contributed by atoms with Crippen molar-refractivity contribution in [3.8, 4) is 0 Å². The molecule has 17 heavy (non-hydrogen) atoms. The maximum Gasteiger partial charge on any atom is 0.164 e. The van der Waals surface area contributed by atoms with Gasteiger partial charge < -0.3 is 10.2 Å². The third-order valence-corrected chi connectivity index (χ3v) is 3.04. The molecule has 1 atom stereocenters. The molecular formula is C13H17FN2O. The highest BCUT2D eigenvalue weighted by Gasteiger charge is 2.20. The van der Waals surface area contributed by atoms with Crippen molar-refractivity contribution in [3.63, 3.8) is 0 Å². The average Bonchev–Trinajstić information content (AvgIpc) is 2.29. The zero-order valence-corrected chi connectivity index (χ0v) is 9.95. The Morgan fingerprint density at radius 3 is 3.12 bits per heavy atom. The van der Waals surface area contributed by atoms with Gasteiger partial charge in [-0.3, -0.25) is 4.79 Å². The van der Waals surface area contributed by atoms with Gasteiger partial charge in [0.2, 0.25) is 0 Å². The van der Waals surface area contributed by atoms with Gasteiger partial charge in [-0.15, -0.1) is 0 Å². The van der Waals surface area contributed by atoms with Crippen LogP contribution < -0.4 is 5.32 Å². The lowest BCUT2D eigenvalue weighted by Crippen LogP contribution is -2.49. The van der Waals surface area contributed by atoms with Crippen LogP contribution in [0, 0.1) is 5.82 Å². The molecule has 1 aliphatic heterocycles. The van der Waals surface area contributed by atoms with E-state index in [1.54, 1.807) is 12.1 Å². The molecule has 1 N–H and O–H groups in total. The third-order valence-electron chi connectivity index (χ3n) is 3.04. The molecule has 1 aliphatic rings. The minimum Gasteiger partial charge on any atom is -0.311 e. The highest BCUT2D eigenvalue weighted by atomic mass is 19.1. The van der Waals surface area contributed by atoms with Gasteiger partial charge in [-0.1, -0.05) is 12.1 Å². The van der Waals surface area contributed by atoms with Crippen molar-refractivity contribution in [2.75, 3.05) is 26.7 Å². The van der Waals surface area contributed by atoms with Crippen LogP contribution in [0.1, 0.15) is 16.8 Å². The molecule has 92 valence electrons. The second-order valence-corrected chi connectivity index (χ2v) is 4.55. The molecular weight excluding hydrogens is 219 g/mol. The van der Waals surface area contributed by atoms with Crippen molar-refractivity contribution >= 4 is 5.78 Å². The zero-order chi connectivity index (χ0) is 12.3. The van der Waals surface area contributed by atoms with E-state index in [0.29, 0.717) is 12.0 Å². The molecule has 0 radical (unpaired) electrons. The first-order valence-electron chi connectivity index (χ1n) is 5.86. The lowest BCUT2D eigenvalue weighted by atomic mass is 10.0. The Kier molecular flexibility index (Phi) is 3.86. The number of nitrogens with one attached hydrogen (secondary N) is 1. The third kappa shape index (κ3) is 3.35. The summed E-state index contributed by atoms with van der Waals surface area (Å²) in [5.74, 6) is -0.359. The Morgan fingerprint density at radius 1 is 1.59 bits per heavy atom. The van der Waals surface area contributed by atoms with Crippen molar-refractivity contribution in [1.29, 1.82) is 0 Å². The maximum atomic E-state index is 13.0. The Bertz CT molecular complexity index is 408. The summed E-state index contributed by atoms with van der Waals surface area (Å²) in [4.78, 5) is 14.1. The second-order valence-electron chi connectivity index (χ2n) is 4.55. The molecule has 0 amide bonds. The number of halogens is 1. The molecule has 2 rings (SSSR count). The lowest BCUT2D eigenvalue weighted by Gasteiger charge is -2.30. The van der Waals surface area contributed by atoms with E-state index in [4.69, 9.17) is 0 Å². The van der Waals surface area contributed by atoms with Gasteiger partial charge in [0.15, 0.2) is 5.78 Å². The van der Waals surface area contributed by atoms with Crippen LogP contribution in [0.15, 0.2) is 24.3 Å². The van der Waals surface area contributed by atoms with Crippen LogP contribution in [-0.2, 0) is 0 Å². The number of benzene rings is 1. The van der Waals surface area contributed by atoms with Gasteiger partial charge in [0.05, 0.1) is 0 Å². The zero-order valence-electron chi connectivity index (χ0n) is 9.95. The topological polar surface area (TPSA) is 32.3 Å². The molecule has 3 nitrogen and oxygen atoms in total. The van der Waals surface area contributed by atoms with Gasteiger partial charge in [-0.05, 0) is 19.2 Å². The number of hydrogen-bond acceptors (Lipinski definition) is 3. The molecule has 0 spiro atoms. The first-order valence-corrected chi connectivity index (χ1v) is 5.86. The van der Waals surface area contributed by atoms with Crippen LogP contribution in [0.5, 0.6) is 0 Å². The van der Waals surface area contributed by atoms with Gasteiger partial charge in [0.25, 0.3) is 0 Å². The summed E-state index contributed by atoms with van der Waals surface area (Å²) in [5.41, 5.74) is 0.458. The van der Waals surface area contributed by atoms with Crippen molar-refractivity contribution in [2.45, 2.75) is 12.5 Å². The van der Waals surface area contributed by atoms with Crippen LogP contribution in [0.3, 0.4) is 0 Å². The summed E-state index contributed by atoms with van der Waals surface area (Å²) in [6.07, 6.45) is 0.424. The summed E-state index contributed by atoms with van der Waals surface area (Å²) in [6, 6.07) is 6.06. The average molecular weight is 236 g/mol. The number of carbonyl (C=O) groups is 1. The van der Waals surface area contributed by atoms with E-state index in [1.165, 1.54) is 12.1 Å². The van der Waals surface area contributed by atoms with E-state index in [9.17, 15) is 9.18 Å². The highest BCUT2D eigenvalue weighted by molar-refractivity contribution is 5.96. The van der Waals surface area contributed by atoms with E-state index < -0.39 is 0 Å². The van der Waals surface area contributed by atoms with E-state index in [0.717, 1.165) is 19.6 Å². The highest BCUT2D eigenvalue weighted by Crippen LogP contribution is 2.10. The molecule has 1 unspecified atom stereocenters. The number of carbonyl (C=O) groups excluding carboxylic acids is 1. The molecule has 0 aliphatic carbocycles. The number of piperazine rings is 1. The summed E-state index contributed by atoms with van der Waals surface area (Å²) < 4.78 is 13.0. The van der Waals surface area contributed by atoms with Gasteiger partial charge in [-0.2, -0.15) is 0 Å². The fourth-order valence-electron chi connectivity index (χ4n) is 2.13. The first-order chi connectivity index (χ1) is 8.15. The number of Topliss-reactive ketones (excluding diaryl/α,β-unsaturated/α-hetero) is 1. The maximum absolute atomic E-state index is 13.0. The summed E-state index contributed by atoms with van der Waals surface area (Å²) in [7, 11) is 2.04. The van der Waals surface area contributed by atoms with Crippen molar-refractivity contribution in [1.82, 2.24) is 10.2 Å². The van der Waals surface area contributed by atoms with Crippen molar-refractivity contribution in [3.05, 3.63) is 35.6 Å². The van der Waals surface area contributed by atoms with Crippen LogP contribution in [-0.4, -0.2) is 43.4 Å². The van der Waals surface area contributed by atoms with Crippen molar-refractivity contribution < 1.29 is 9.18 Å². The van der Waals surface area contributed by atoms with Gasteiger partial charge in [0, 0.05) is 37.7 Å². The monoisotopic (exact) mass is 236 g/mol. The summed E-state index contributed by atoms with van der Waals surface area (Å²) >= 11 is 0. The molecule has 1 fully saturated rings. The molecule has 1 aromatic carbocycles. The predicted octanol–water partition coefficient (Wildman–Crippen LogP) is 1.30. The number of nitrogens with zero attached hydrogens (tertiary/aromatic N) is 1. The standard InChI is InChI=1S/C13H17FN2O/c1-16-6-5-15-12(9-16)8-13(17)10-3-2-4-11(14)7-10/h2-4,7,12,15H,5-6,8-9H2,1H3. The SMILES string of the molecule is CN1CCNC(CC(=O)c2cccc(F)c2)C1. The molecule has 1 aromatic rings. The minimum atomic E-state index is -0.357. The molecule has 0 aromatic heterocycles. The molecule has 0 saturated carbocycles. The predicted molar refractivity (Wildman–Crippen MR) is 64.6 cm³/mol. The fourth-order valence-corrected chi connectivity index (χ4v) is 2.13. The summed E-state index contributed by atoms with van der Waals surface area (Å²) in [5, 5.41) is 3.31. The number of rotatable bonds is 3. The van der Waals surface area contributed by atoms with Crippen LogP contribution in [0.2, 0.25) is 0 Å². The van der Waals surface area contributed by atoms with E-state index in [-0.39, 0.29) is 17.6 Å². The lowest BCUT2D eigenvalue weighted by molar-refractivity contribution is 0.0951. The molecule has 1 heterocycles. The Balaban J connectivity index is 1.97. The van der Waals surface area contributed by atoms with Crippen LogP contribution in [0.4, 0.5) is 4.39 Å². The minimum absolute atomic E-state index is 0.00250. The Morgan fingerprint density at radius 2 is 2.41 bits per heavy atom. The smallest absolute Gasteiger partial charge is 0.164 e. The molecule has 4 heteroatoms. The fraction of sp³-hybridized carbons (Fsp3) is 0.462. The summed E-state index contributed by atoms with van der Waals surface area (Å²) in [6.45, 7) is 2.77. The normalized spacial score (nSPS) is 21.4. The van der Waals surface area contributed by atoms with E-state index in [2.05, 4.69) is 10.2 Å². The van der Waals surface area contributed by atoms with Crippen LogP contribution in [0.25, 0.3) is 0 Å². The number of likely N-dealkylation sites (N-methyl/N-ethyl adjacent to an activating group) is 1. The van der Waals surface area contributed by atoms with Crippen molar-refractivity contribution in [2.24, 2.45) is 0 Å². The first kappa shape index (κ1) is 12.2. The molecule has 1 saturated heterocycles. The van der Waals surface area contributed by atoms with E-state index in [1.807, 2.05) is 7.05 Å². The van der Waals surface area contributed by atoms with Gasteiger partial charge in [-0.25, -0.2) is 4.39 Å². The Labute approximate surface area is 101 Å². The largest absolute Gasteiger partial charge is 0.311 e. The number of hydrogen-bond donors (Lipinski definition) is 1. The van der Waals surface area contributed by atoms with E-state index >= 15 is 0 Å². The molecule has 0 bridgehead atoms. The van der Waals surface area contributed by atoms with Gasteiger partial charge >= 0.3 is 0 Å². The Hall–Kier alpha value is -1.26. The van der Waals surface area contributed by atoms with Crippen LogP contribution >= 0.6 is 0 Å². The number of ketones is 1. The quantitative estimate of drug-likeness (QED) is 0.803. The van der Waals surface area contributed by atoms with Gasteiger partial charge in [0.1, 0.15) is 5.82 Å². The second kappa shape index (κ2) is 5.38.